The molecule has 1 fully saturated rings. The van der Waals surface area contributed by atoms with E-state index in [-0.39, 0.29) is 0 Å². The standard InChI is InChI=1S/C19H22N4O2S2/c1-3-17-21-22-19(26-17)15-9-11-23(12-10-15)27(24,25)16-6-4-5-14-8-7-13(2)20-18(14)16/h4-8,15H,3,9-12H2,1-2H3. The first-order chi connectivity index (χ1) is 13.0. The van der Waals surface area contributed by atoms with Crippen molar-refractivity contribution in [2.75, 3.05) is 13.1 Å². The minimum Gasteiger partial charge on any atom is -0.252 e. The number of pyridine rings is 1. The van der Waals surface area contributed by atoms with E-state index in [0.717, 1.165) is 40.4 Å². The van der Waals surface area contributed by atoms with E-state index in [9.17, 15) is 8.42 Å². The summed E-state index contributed by atoms with van der Waals surface area (Å²) in [5.74, 6) is 0.294. The zero-order valence-corrected chi connectivity index (χ0v) is 17.1. The zero-order chi connectivity index (χ0) is 19.0. The number of rotatable bonds is 4. The van der Waals surface area contributed by atoms with E-state index in [2.05, 4.69) is 22.1 Å². The minimum absolute atomic E-state index is 0.294. The van der Waals surface area contributed by atoms with Crippen molar-refractivity contribution in [2.45, 2.75) is 43.9 Å². The molecule has 0 atom stereocenters. The van der Waals surface area contributed by atoms with E-state index in [1.165, 1.54) is 0 Å². The molecule has 3 aromatic rings. The SMILES string of the molecule is CCc1nnc(C2CCN(S(=O)(=O)c3cccc4ccc(C)nc34)CC2)s1. The summed E-state index contributed by atoms with van der Waals surface area (Å²) in [4.78, 5) is 4.79. The first-order valence-corrected chi connectivity index (χ1v) is 11.4. The maximum atomic E-state index is 13.3. The topological polar surface area (TPSA) is 76.1 Å². The van der Waals surface area contributed by atoms with Crippen LogP contribution in [0.3, 0.4) is 0 Å². The quantitative estimate of drug-likeness (QED) is 0.667. The molecule has 1 aromatic carbocycles. The number of hydrogen-bond donors (Lipinski definition) is 0. The van der Waals surface area contributed by atoms with Gasteiger partial charge in [0.2, 0.25) is 10.0 Å². The highest BCUT2D eigenvalue weighted by molar-refractivity contribution is 7.89. The Morgan fingerprint density at radius 3 is 2.63 bits per heavy atom. The van der Waals surface area contributed by atoms with Gasteiger partial charge in [0.1, 0.15) is 14.9 Å². The number of aromatic nitrogens is 3. The molecular formula is C19H22N4O2S2. The maximum Gasteiger partial charge on any atom is 0.245 e. The fraction of sp³-hybridized carbons (Fsp3) is 0.421. The average molecular weight is 403 g/mol. The third kappa shape index (κ3) is 3.49. The summed E-state index contributed by atoms with van der Waals surface area (Å²) < 4.78 is 28.1. The number of hydrogen-bond acceptors (Lipinski definition) is 6. The van der Waals surface area contributed by atoms with Crippen molar-refractivity contribution in [3.05, 3.63) is 46.0 Å². The van der Waals surface area contributed by atoms with Crippen molar-refractivity contribution in [1.82, 2.24) is 19.5 Å². The van der Waals surface area contributed by atoms with E-state index in [0.29, 0.717) is 29.4 Å². The lowest BCUT2D eigenvalue weighted by Gasteiger charge is -2.30. The van der Waals surface area contributed by atoms with Crippen LogP contribution in [0.15, 0.2) is 35.2 Å². The van der Waals surface area contributed by atoms with E-state index in [1.807, 2.05) is 25.1 Å². The fourth-order valence-electron chi connectivity index (χ4n) is 3.48. The van der Waals surface area contributed by atoms with Crippen molar-refractivity contribution in [3.8, 4) is 0 Å². The van der Waals surface area contributed by atoms with Crippen LogP contribution in [0.1, 0.15) is 41.4 Å². The van der Waals surface area contributed by atoms with Crippen molar-refractivity contribution in [2.24, 2.45) is 0 Å². The monoisotopic (exact) mass is 402 g/mol. The van der Waals surface area contributed by atoms with Crippen molar-refractivity contribution >= 4 is 32.3 Å². The van der Waals surface area contributed by atoms with Gasteiger partial charge in [-0.25, -0.2) is 8.42 Å². The van der Waals surface area contributed by atoms with Crippen LogP contribution in [0.5, 0.6) is 0 Å². The number of nitrogens with zero attached hydrogens (tertiary/aromatic N) is 4. The molecule has 142 valence electrons. The molecule has 0 N–H and O–H groups in total. The fourth-order valence-corrected chi connectivity index (χ4v) is 6.06. The predicted molar refractivity (Wildman–Crippen MR) is 107 cm³/mol. The second-order valence-corrected chi connectivity index (χ2v) is 9.85. The summed E-state index contributed by atoms with van der Waals surface area (Å²) in [5.41, 5.74) is 1.36. The zero-order valence-electron chi connectivity index (χ0n) is 15.4. The molecule has 3 heterocycles. The number of benzene rings is 1. The summed E-state index contributed by atoms with van der Waals surface area (Å²) >= 11 is 1.65. The Balaban J connectivity index is 1.58. The van der Waals surface area contributed by atoms with Gasteiger partial charge < -0.3 is 0 Å². The van der Waals surface area contributed by atoms with E-state index in [1.54, 1.807) is 27.8 Å². The molecule has 0 unspecified atom stereocenters. The number of sulfonamides is 1. The maximum absolute atomic E-state index is 13.3. The van der Waals surface area contributed by atoms with Gasteiger partial charge in [0, 0.05) is 30.1 Å². The molecule has 0 amide bonds. The number of fused-ring (bicyclic) bond motifs is 1. The Kier molecular flexibility index (Phi) is 4.96. The van der Waals surface area contributed by atoms with Gasteiger partial charge in [-0.3, -0.25) is 4.98 Å². The van der Waals surface area contributed by atoms with E-state index < -0.39 is 10.0 Å². The largest absolute Gasteiger partial charge is 0.252 e. The van der Waals surface area contributed by atoms with Gasteiger partial charge in [0.05, 0.1) is 5.52 Å². The highest BCUT2D eigenvalue weighted by atomic mass is 32.2. The molecule has 0 aliphatic carbocycles. The van der Waals surface area contributed by atoms with Crippen LogP contribution in [0.4, 0.5) is 0 Å². The van der Waals surface area contributed by atoms with Gasteiger partial charge in [-0.2, -0.15) is 4.31 Å². The smallest absolute Gasteiger partial charge is 0.245 e. The van der Waals surface area contributed by atoms with Crippen molar-refractivity contribution < 1.29 is 8.42 Å². The van der Waals surface area contributed by atoms with Gasteiger partial charge in [-0.05, 0) is 38.3 Å². The third-order valence-electron chi connectivity index (χ3n) is 5.03. The van der Waals surface area contributed by atoms with Crippen molar-refractivity contribution in [1.29, 1.82) is 0 Å². The molecule has 2 aromatic heterocycles. The highest BCUT2D eigenvalue weighted by Crippen LogP contribution is 2.33. The Morgan fingerprint density at radius 1 is 1.15 bits per heavy atom. The van der Waals surface area contributed by atoms with Crippen LogP contribution in [0, 0.1) is 6.92 Å². The molecule has 1 aliphatic rings. The van der Waals surface area contributed by atoms with Crippen LogP contribution in [-0.4, -0.2) is 41.0 Å². The summed E-state index contributed by atoms with van der Waals surface area (Å²) in [6.45, 7) is 4.94. The molecule has 1 aliphatic heterocycles. The number of aryl methyl sites for hydroxylation is 2. The van der Waals surface area contributed by atoms with E-state index in [4.69, 9.17) is 0 Å². The summed E-state index contributed by atoms with van der Waals surface area (Å²) in [6.07, 6.45) is 2.43. The number of piperidine rings is 1. The molecule has 27 heavy (non-hydrogen) atoms. The van der Waals surface area contributed by atoms with Gasteiger partial charge in [-0.1, -0.05) is 25.1 Å². The lowest BCUT2D eigenvalue weighted by Crippen LogP contribution is -2.38. The van der Waals surface area contributed by atoms with Gasteiger partial charge in [0.15, 0.2) is 0 Å². The van der Waals surface area contributed by atoms with Gasteiger partial charge in [-0.15, -0.1) is 21.5 Å². The molecule has 0 spiro atoms. The van der Waals surface area contributed by atoms with Crippen LogP contribution in [0.25, 0.3) is 10.9 Å². The Morgan fingerprint density at radius 2 is 1.93 bits per heavy atom. The summed E-state index contributed by atoms with van der Waals surface area (Å²) in [7, 11) is -3.57. The first kappa shape index (κ1) is 18.5. The average Bonchev–Trinajstić information content (AvgIpc) is 3.17. The van der Waals surface area contributed by atoms with Gasteiger partial charge >= 0.3 is 0 Å². The predicted octanol–water partition coefficient (Wildman–Crippen LogP) is 3.53. The molecule has 6 nitrogen and oxygen atoms in total. The first-order valence-electron chi connectivity index (χ1n) is 9.18. The minimum atomic E-state index is -3.57. The molecular weight excluding hydrogens is 380 g/mol. The van der Waals surface area contributed by atoms with Crippen LogP contribution in [0.2, 0.25) is 0 Å². The highest BCUT2D eigenvalue weighted by Gasteiger charge is 2.32. The second-order valence-electron chi connectivity index (χ2n) is 6.85. The Hall–Kier alpha value is -1.90. The van der Waals surface area contributed by atoms with Gasteiger partial charge in [0.25, 0.3) is 0 Å². The molecule has 0 saturated carbocycles. The normalized spacial score (nSPS) is 16.8. The summed E-state index contributed by atoms with van der Waals surface area (Å²) in [5, 5.41) is 11.4. The van der Waals surface area contributed by atoms with Crippen LogP contribution >= 0.6 is 11.3 Å². The molecule has 0 radical (unpaired) electrons. The van der Waals surface area contributed by atoms with Crippen molar-refractivity contribution in [3.63, 3.8) is 0 Å². The van der Waals surface area contributed by atoms with Crippen LogP contribution in [-0.2, 0) is 16.4 Å². The Labute approximate surface area is 163 Å². The second kappa shape index (κ2) is 7.26. The Bertz CT molecular complexity index is 1070. The molecule has 0 bridgehead atoms. The molecule has 4 rings (SSSR count). The summed E-state index contributed by atoms with van der Waals surface area (Å²) in [6, 6.07) is 9.16. The lowest BCUT2D eigenvalue weighted by molar-refractivity contribution is 0.318. The lowest BCUT2D eigenvalue weighted by atomic mass is 9.99. The van der Waals surface area contributed by atoms with Crippen LogP contribution < -0.4 is 0 Å². The molecule has 8 heteroatoms. The third-order valence-corrected chi connectivity index (χ3v) is 8.19. The molecule has 1 saturated heterocycles. The number of para-hydroxylation sites is 1. The van der Waals surface area contributed by atoms with E-state index >= 15 is 0 Å².